The highest BCUT2D eigenvalue weighted by atomic mass is 16.5. The predicted molar refractivity (Wildman–Crippen MR) is 105 cm³/mol. The van der Waals surface area contributed by atoms with Crippen molar-refractivity contribution in [2.75, 3.05) is 31.1 Å². The van der Waals surface area contributed by atoms with Crippen LogP contribution < -0.4 is 4.90 Å². The number of piperidine rings is 1. The Morgan fingerprint density at radius 1 is 1.11 bits per heavy atom. The lowest BCUT2D eigenvalue weighted by Gasteiger charge is -2.32. The van der Waals surface area contributed by atoms with Crippen LogP contribution in [0.25, 0.3) is 0 Å². The molecule has 3 aliphatic rings. The summed E-state index contributed by atoms with van der Waals surface area (Å²) in [6.45, 7) is 3.77. The number of fused-ring (bicyclic) bond motifs is 1. The normalized spacial score (nSPS) is 22.5. The first-order valence-corrected chi connectivity index (χ1v) is 10.4. The van der Waals surface area contributed by atoms with E-state index >= 15 is 0 Å². The molecule has 6 nitrogen and oxygen atoms in total. The van der Waals surface area contributed by atoms with Crippen molar-refractivity contribution < 1.29 is 19.1 Å². The number of amides is 2. The molecule has 0 aromatic heterocycles. The average Bonchev–Trinajstić information content (AvgIpc) is 3.33. The van der Waals surface area contributed by atoms with Gasteiger partial charge in [0, 0.05) is 31.7 Å². The summed E-state index contributed by atoms with van der Waals surface area (Å²) in [6, 6.07) is 6.26. The fourth-order valence-corrected chi connectivity index (χ4v) is 4.70. The Bertz CT molecular complexity index is 783. The third-order valence-corrected chi connectivity index (χ3v) is 6.29. The van der Waals surface area contributed by atoms with Crippen molar-refractivity contribution in [1.82, 2.24) is 4.90 Å². The van der Waals surface area contributed by atoms with Gasteiger partial charge in [-0.1, -0.05) is 6.07 Å². The highest BCUT2D eigenvalue weighted by molar-refractivity contribution is 6.00. The maximum absolute atomic E-state index is 12.9. The van der Waals surface area contributed by atoms with E-state index in [1.807, 2.05) is 11.0 Å². The van der Waals surface area contributed by atoms with Gasteiger partial charge in [0.2, 0.25) is 11.8 Å². The molecule has 2 saturated heterocycles. The number of hydrogen-bond acceptors (Lipinski definition) is 4. The van der Waals surface area contributed by atoms with E-state index < -0.39 is 0 Å². The van der Waals surface area contributed by atoms with Gasteiger partial charge in [0.1, 0.15) is 0 Å². The summed E-state index contributed by atoms with van der Waals surface area (Å²) in [5.41, 5.74) is 3.63. The van der Waals surface area contributed by atoms with Crippen LogP contribution in [0.15, 0.2) is 18.2 Å². The molecule has 150 valence electrons. The monoisotopic (exact) mass is 384 g/mol. The molecule has 1 aromatic carbocycles. The van der Waals surface area contributed by atoms with Crippen molar-refractivity contribution in [2.45, 2.75) is 45.4 Å². The number of rotatable bonds is 4. The fraction of sp³-hybridized carbons (Fsp3) is 0.591. The quantitative estimate of drug-likeness (QED) is 0.748. The summed E-state index contributed by atoms with van der Waals surface area (Å²) in [4.78, 5) is 41.0. The van der Waals surface area contributed by atoms with E-state index in [1.165, 1.54) is 17.5 Å². The molecule has 2 amide bonds. The van der Waals surface area contributed by atoms with E-state index in [4.69, 9.17) is 4.74 Å². The molecule has 0 saturated carbocycles. The first kappa shape index (κ1) is 19.0. The van der Waals surface area contributed by atoms with Gasteiger partial charge >= 0.3 is 5.97 Å². The number of ether oxygens (including phenoxy) is 1. The zero-order chi connectivity index (χ0) is 19.7. The minimum absolute atomic E-state index is 0.0257. The van der Waals surface area contributed by atoms with E-state index in [1.54, 1.807) is 11.8 Å². The van der Waals surface area contributed by atoms with Crippen LogP contribution in [-0.4, -0.2) is 48.9 Å². The van der Waals surface area contributed by atoms with Crippen LogP contribution in [-0.2, 0) is 32.0 Å². The summed E-state index contributed by atoms with van der Waals surface area (Å²) < 4.78 is 5.09. The fourth-order valence-electron chi connectivity index (χ4n) is 4.70. The van der Waals surface area contributed by atoms with Crippen molar-refractivity contribution >= 4 is 23.5 Å². The summed E-state index contributed by atoms with van der Waals surface area (Å²) in [7, 11) is 0. The molecule has 4 rings (SSSR count). The van der Waals surface area contributed by atoms with Crippen molar-refractivity contribution in [3.63, 3.8) is 0 Å². The van der Waals surface area contributed by atoms with Crippen LogP contribution in [0.3, 0.4) is 0 Å². The second-order valence-corrected chi connectivity index (χ2v) is 8.06. The maximum atomic E-state index is 12.9. The number of nitrogens with zero attached hydrogens (tertiary/aromatic N) is 2. The summed E-state index contributed by atoms with van der Waals surface area (Å²) >= 11 is 0. The molecular formula is C22H28N2O4. The molecule has 2 aliphatic heterocycles. The van der Waals surface area contributed by atoms with Gasteiger partial charge in [-0.05, 0) is 62.3 Å². The summed E-state index contributed by atoms with van der Waals surface area (Å²) in [5, 5.41) is 0. The highest BCUT2D eigenvalue weighted by Crippen LogP contribution is 2.31. The van der Waals surface area contributed by atoms with E-state index in [0.29, 0.717) is 39.1 Å². The number of aryl methyl sites for hydroxylation is 2. The molecule has 2 fully saturated rings. The minimum Gasteiger partial charge on any atom is -0.466 e. The highest BCUT2D eigenvalue weighted by Gasteiger charge is 2.39. The van der Waals surface area contributed by atoms with Gasteiger partial charge in [0.05, 0.1) is 18.4 Å². The van der Waals surface area contributed by atoms with E-state index in [0.717, 1.165) is 18.5 Å². The van der Waals surface area contributed by atoms with Crippen LogP contribution in [0.2, 0.25) is 0 Å². The predicted octanol–water partition coefficient (Wildman–Crippen LogP) is 2.33. The van der Waals surface area contributed by atoms with Crippen LogP contribution in [0, 0.1) is 11.8 Å². The zero-order valence-electron chi connectivity index (χ0n) is 16.5. The van der Waals surface area contributed by atoms with Crippen molar-refractivity contribution in [3.8, 4) is 0 Å². The van der Waals surface area contributed by atoms with Crippen LogP contribution >= 0.6 is 0 Å². The molecule has 28 heavy (non-hydrogen) atoms. The molecule has 1 atom stereocenters. The third-order valence-electron chi connectivity index (χ3n) is 6.29. The van der Waals surface area contributed by atoms with E-state index in [9.17, 15) is 14.4 Å². The van der Waals surface area contributed by atoms with Gasteiger partial charge in [-0.3, -0.25) is 14.4 Å². The van der Waals surface area contributed by atoms with Crippen molar-refractivity contribution in [3.05, 3.63) is 29.3 Å². The van der Waals surface area contributed by atoms with E-state index in [-0.39, 0.29) is 36.0 Å². The number of benzene rings is 1. The lowest BCUT2D eigenvalue weighted by molar-refractivity contribution is -0.151. The lowest BCUT2D eigenvalue weighted by Crippen LogP contribution is -2.44. The number of hydrogen-bond donors (Lipinski definition) is 0. The summed E-state index contributed by atoms with van der Waals surface area (Å²) in [6.07, 6.45) is 4.91. The van der Waals surface area contributed by atoms with Crippen LogP contribution in [0.1, 0.15) is 43.7 Å². The SMILES string of the molecule is CCOC(=O)C1CCN(C(=O)C2CC(=O)N(c3ccc4c(c3)CCC4)C2)CC1. The molecule has 2 heterocycles. The van der Waals surface area contributed by atoms with Crippen LogP contribution in [0.5, 0.6) is 0 Å². The molecule has 0 spiro atoms. The molecule has 0 radical (unpaired) electrons. The van der Waals surface area contributed by atoms with Gasteiger partial charge < -0.3 is 14.5 Å². The average molecular weight is 384 g/mol. The van der Waals surface area contributed by atoms with Crippen molar-refractivity contribution in [1.29, 1.82) is 0 Å². The van der Waals surface area contributed by atoms with Crippen molar-refractivity contribution in [2.24, 2.45) is 11.8 Å². The van der Waals surface area contributed by atoms with E-state index in [2.05, 4.69) is 12.1 Å². The Morgan fingerprint density at radius 2 is 1.86 bits per heavy atom. The topological polar surface area (TPSA) is 66.9 Å². The van der Waals surface area contributed by atoms with Gasteiger partial charge in [-0.15, -0.1) is 0 Å². The molecule has 1 aliphatic carbocycles. The number of carbonyl (C=O) groups excluding carboxylic acids is 3. The largest absolute Gasteiger partial charge is 0.466 e. The second-order valence-electron chi connectivity index (χ2n) is 8.06. The molecule has 0 N–H and O–H groups in total. The Morgan fingerprint density at radius 3 is 2.61 bits per heavy atom. The van der Waals surface area contributed by atoms with Gasteiger partial charge in [0.15, 0.2) is 0 Å². The molecule has 1 aromatic rings. The second kappa shape index (κ2) is 7.94. The minimum atomic E-state index is -0.292. The maximum Gasteiger partial charge on any atom is 0.309 e. The molecule has 1 unspecified atom stereocenters. The third kappa shape index (κ3) is 3.64. The molecular weight excluding hydrogens is 356 g/mol. The first-order valence-electron chi connectivity index (χ1n) is 10.4. The number of likely N-dealkylation sites (tertiary alicyclic amines) is 1. The Kier molecular flexibility index (Phi) is 5.38. The van der Waals surface area contributed by atoms with Gasteiger partial charge in [-0.25, -0.2) is 0 Å². The number of anilines is 1. The standard InChI is InChI=1S/C22H28N2O4/c1-2-28-22(27)16-8-10-23(11-9-16)21(26)18-13-20(25)24(14-18)19-7-6-15-4-3-5-17(15)12-19/h6-7,12,16,18H,2-5,8-11,13-14H2,1H3. The molecule has 6 heteroatoms. The lowest BCUT2D eigenvalue weighted by atomic mass is 9.95. The summed E-state index contributed by atoms with van der Waals surface area (Å²) in [5.74, 6) is -0.498. The Balaban J connectivity index is 1.36. The van der Waals surface area contributed by atoms with Crippen LogP contribution in [0.4, 0.5) is 5.69 Å². The molecule has 0 bridgehead atoms. The Hall–Kier alpha value is -2.37. The number of carbonyl (C=O) groups is 3. The first-order chi connectivity index (χ1) is 13.6. The number of esters is 1. The zero-order valence-corrected chi connectivity index (χ0v) is 16.5. The van der Waals surface area contributed by atoms with Gasteiger partial charge in [0.25, 0.3) is 0 Å². The Labute approximate surface area is 165 Å². The smallest absolute Gasteiger partial charge is 0.309 e. The van der Waals surface area contributed by atoms with Gasteiger partial charge in [-0.2, -0.15) is 0 Å².